The monoisotopic (exact) mass is 371 g/mol. The van der Waals surface area contributed by atoms with Crippen LogP contribution < -0.4 is 10.9 Å². The highest BCUT2D eigenvalue weighted by molar-refractivity contribution is 9.10. The van der Waals surface area contributed by atoms with Crippen LogP contribution in [0.3, 0.4) is 0 Å². The first-order chi connectivity index (χ1) is 10.1. The molecular weight excluding hydrogens is 357 g/mol. The van der Waals surface area contributed by atoms with Gasteiger partial charge in [-0.15, -0.1) is 0 Å². The fourth-order valence-corrected chi connectivity index (χ4v) is 3.03. The number of hydrogen-bond donors (Lipinski definition) is 1. The molecule has 1 heterocycles. The maximum absolute atomic E-state index is 13.4. The molecule has 0 fully saturated rings. The van der Waals surface area contributed by atoms with Gasteiger partial charge in [0.05, 0.1) is 11.9 Å². The van der Waals surface area contributed by atoms with Crippen LogP contribution in [-0.2, 0) is 12.8 Å². The summed E-state index contributed by atoms with van der Waals surface area (Å²) in [5.41, 5.74) is 1.20. The molecule has 0 aliphatic heterocycles. The summed E-state index contributed by atoms with van der Waals surface area (Å²) in [5.74, 6) is 1.26. The van der Waals surface area contributed by atoms with E-state index in [-0.39, 0.29) is 11.4 Å². The van der Waals surface area contributed by atoms with Crippen LogP contribution in [0.2, 0.25) is 0 Å². The molecule has 0 aliphatic rings. The van der Waals surface area contributed by atoms with Crippen molar-refractivity contribution in [3.05, 3.63) is 56.7 Å². The lowest BCUT2D eigenvalue weighted by molar-refractivity contribution is 0.617. The lowest BCUT2D eigenvalue weighted by Crippen LogP contribution is -2.21. The van der Waals surface area contributed by atoms with Gasteiger partial charge >= 0.3 is 0 Å². The molecule has 0 aliphatic carbocycles. The first-order valence-electron chi connectivity index (χ1n) is 6.36. The highest BCUT2D eigenvalue weighted by Crippen LogP contribution is 2.17. The molecule has 4 nitrogen and oxygen atoms in total. The molecule has 1 aromatic heterocycles. The van der Waals surface area contributed by atoms with Crippen LogP contribution in [0.15, 0.2) is 39.7 Å². The predicted molar refractivity (Wildman–Crippen MR) is 88.2 cm³/mol. The molecule has 0 saturated heterocycles. The third-order valence-electron chi connectivity index (χ3n) is 2.86. The summed E-state index contributed by atoms with van der Waals surface area (Å²) in [4.78, 5) is 11.7. The van der Waals surface area contributed by atoms with Crippen LogP contribution in [0.25, 0.3) is 0 Å². The number of hydrogen-bond acceptors (Lipinski definition) is 4. The van der Waals surface area contributed by atoms with Crippen molar-refractivity contribution in [1.29, 1.82) is 0 Å². The quantitative estimate of drug-likeness (QED) is 0.792. The predicted octanol–water partition coefficient (Wildman–Crippen LogP) is 3.03. The number of thioether (sulfide) groups is 1. The Balaban J connectivity index is 1.79. The van der Waals surface area contributed by atoms with Gasteiger partial charge in [0.25, 0.3) is 5.56 Å². The molecule has 1 N–H and O–H groups in total. The van der Waals surface area contributed by atoms with E-state index >= 15 is 0 Å². The zero-order valence-electron chi connectivity index (χ0n) is 11.5. The molecule has 0 atom stereocenters. The van der Waals surface area contributed by atoms with E-state index in [0.29, 0.717) is 28.0 Å². The highest BCUT2D eigenvalue weighted by atomic mass is 79.9. The molecule has 0 saturated carbocycles. The first-order valence-corrected chi connectivity index (χ1v) is 8.31. The van der Waals surface area contributed by atoms with Crippen molar-refractivity contribution in [2.24, 2.45) is 7.05 Å². The Labute approximate surface area is 134 Å². The second-order valence-corrected chi connectivity index (χ2v) is 6.27. The molecule has 0 amide bonds. The summed E-state index contributed by atoms with van der Waals surface area (Å²) in [6, 6.07) is 6.78. The maximum Gasteiger partial charge on any atom is 0.282 e. The van der Waals surface area contributed by atoms with E-state index in [1.165, 1.54) is 10.7 Å². The van der Waals surface area contributed by atoms with Gasteiger partial charge in [0.1, 0.15) is 10.3 Å². The SMILES string of the molecule is Cn1ncc(NCCSCc2ccccc2F)c(Br)c1=O. The van der Waals surface area contributed by atoms with Crippen molar-refractivity contribution in [3.63, 3.8) is 0 Å². The summed E-state index contributed by atoms with van der Waals surface area (Å²) >= 11 is 4.89. The second-order valence-electron chi connectivity index (χ2n) is 4.37. The summed E-state index contributed by atoms with van der Waals surface area (Å²) in [6.45, 7) is 0.673. The van der Waals surface area contributed by atoms with Gasteiger partial charge < -0.3 is 5.32 Å². The van der Waals surface area contributed by atoms with Gasteiger partial charge in [-0.2, -0.15) is 16.9 Å². The number of nitrogens with zero attached hydrogens (tertiary/aromatic N) is 2. The van der Waals surface area contributed by atoms with Gasteiger partial charge in [-0.3, -0.25) is 4.79 Å². The van der Waals surface area contributed by atoms with E-state index in [4.69, 9.17) is 0 Å². The standard InChI is InChI=1S/C14H15BrFN3OS/c1-19-14(20)13(15)12(8-18-19)17-6-7-21-9-10-4-2-3-5-11(10)16/h2-5,8,17H,6-7,9H2,1H3. The van der Waals surface area contributed by atoms with Crippen LogP contribution in [0, 0.1) is 5.82 Å². The van der Waals surface area contributed by atoms with Gasteiger partial charge in [-0.05, 0) is 27.6 Å². The fourth-order valence-electron chi connectivity index (χ4n) is 1.69. The van der Waals surface area contributed by atoms with E-state index in [1.54, 1.807) is 37.1 Å². The molecule has 112 valence electrons. The summed E-state index contributed by atoms with van der Waals surface area (Å²) in [6.07, 6.45) is 1.60. The highest BCUT2D eigenvalue weighted by Gasteiger charge is 2.06. The minimum Gasteiger partial charge on any atom is -0.382 e. The summed E-state index contributed by atoms with van der Waals surface area (Å²) < 4.78 is 15.2. The van der Waals surface area contributed by atoms with E-state index in [9.17, 15) is 9.18 Å². The average molecular weight is 372 g/mol. The van der Waals surface area contributed by atoms with E-state index in [1.807, 2.05) is 6.07 Å². The van der Waals surface area contributed by atoms with Gasteiger partial charge in [0.2, 0.25) is 0 Å². The number of anilines is 1. The van der Waals surface area contributed by atoms with Gasteiger partial charge in [0, 0.05) is 25.1 Å². The van der Waals surface area contributed by atoms with Crippen molar-refractivity contribution >= 4 is 33.4 Å². The van der Waals surface area contributed by atoms with Crippen molar-refractivity contribution in [2.45, 2.75) is 5.75 Å². The van der Waals surface area contributed by atoms with Crippen molar-refractivity contribution in [2.75, 3.05) is 17.6 Å². The van der Waals surface area contributed by atoms with Gasteiger partial charge in [-0.25, -0.2) is 9.07 Å². The molecule has 1 aromatic carbocycles. The minimum atomic E-state index is -0.181. The van der Waals surface area contributed by atoms with E-state index in [2.05, 4.69) is 26.3 Å². The Kier molecular flexibility index (Phi) is 5.81. The van der Waals surface area contributed by atoms with Crippen molar-refractivity contribution < 1.29 is 4.39 Å². The lowest BCUT2D eigenvalue weighted by atomic mass is 10.2. The minimum absolute atomic E-state index is 0.170. The molecule has 0 spiro atoms. The van der Waals surface area contributed by atoms with Crippen molar-refractivity contribution in [1.82, 2.24) is 9.78 Å². The van der Waals surface area contributed by atoms with Crippen LogP contribution >= 0.6 is 27.7 Å². The van der Waals surface area contributed by atoms with Gasteiger partial charge in [-0.1, -0.05) is 18.2 Å². The number of aromatic nitrogens is 2. The molecule has 0 radical (unpaired) electrons. The third kappa shape index (κ3) is 4.31. The van der Waals surface area contributed by atoms with Crippen LogP contribution in [0.4, 0.5) is 10.1 Å². The number of aryl methyl sites for hydroxylation is 1. The van der Waals surface area contributed by atoms with Gasteiger partial charge in [0.15, 0.2) is 0 Å². The van der Waals surface area contributed by atoms with Crippen molar-refractivity contribution in [3.8, 4) is 0 Å². The Hall–Kier alpha value is -1.34. The lowest BCUT2D eigenvalue weighted by Gasteiger charge is -2.08. The zero-order valence-corrected chi connectivity index (χ0v) is 13.9. The van der Waals surface area contributed by atoms with Crippen LogP contribution in [0.1, 0.15) is 5.56 Å². The molecule has 2 rings (SSSR count). The molecule has 0 unspecified atom stereocenters. The number of nitrogens with one attached hydrogen (secondary N) is 1. The molecule has 21 heavy (non-hydrogen) atoms. The topological polar surface area (TPSA) is 46.9 Å². The molecule has 0 bridgehead atoms. The third-order valence-corrected chi connectivity index (χ3v) is 4.63. The molecular formula is C14H15BrFN3OS. The number of halogens is 2. The molecule has 7 heteroatoms. The Morgan fingerprint density at radius 3 is 2.95 bits per heavy atom. The maximum atomic E-state index is 13.4. The van der Waals surface area contributed by atoms with Crippen LogP contribution in [0.5, 0.6) is 0 Å². The smallest absolute Gasteiger partial charge is 0.282 e. The van der Waals surface area contributed by atoms with E-state index < -0.39 is 0 Å². The molecule has 2 aromatic rings. The second kappa shape index (κ2) is 7.61. The number of benzene rings is 1. The van der Waals surface area contributed by atoms with E-state index in [0.717, 1.165) is 5.75 Å². The fraction of sp³-hybridized carbons (Fsp3) is 0.286. The largest absolute Gasteiger partial charge is 0.382 e. The summed E-state index contributed by atoms with van der Waals surface area (Å²) in [7, 11) is 1.60. The first kappa shape index (κ1) is 16.0. The Morgan fingerprint density at radius 1 is 1.43 bits per heavy atom. The Morgan fingerprint density at radius 2 is 2.19 bits per heavy atom. The summed E-state index contributed by atoms with van der Waals surface area (Å²) in [5, 5.41) is 7.10. The number of rotatable bonds is 6. The zero-order chi connectivity index (χ0) is 15.2. The van der Waals surface area contributed by atoms with Crippen LogP contribution in [-0.4, -0.2) is 22.1 Å². The average Bonchev–Trinajstić information content (AvgIpc) is 2.48. The normalized spacial score (nSPS) is 10.6. The Bertz CT molecular complexity index is 678.